The zero-order chi connectivity index (χ0) is 18.2. The van der Waals surface area contributed by atoms with Crippen molar-refractivity contribution in [2.24, 2.45) is 5.41 Å². The fourth-order valence-electron chi connectivity index (χ4n) is 3.45. The van der Waals surface area contributed by atoms with E-state index in [1.165, 1.54) is 0 Å². The number of Topliss-reactive ketones (excluding diaryl/α,β-unsaturated/α-hetero) is 1. The summed E-state index contributed by atoms with van der Waals surface area (Å²) >= 11 is 0. The first kappa shape index (κ1) is 17.9. The van der Waals surface area contributed by atoms with Crippen molar-refractivity contribution in [3.63, 3.8) is 0 Å². The molecule has 0 radical (unpaired) electrons. The summed E-state index contributed by atoms with van der Waals surface area (Å²) < 4.78 is 10.6. The van der Waals surface area contributed by atoms with E-state index in [1.807, 2.05) is 6.07 Å². The van der Waals surface area contributed by atoms with Gasteiger partial charge in [0.05, 0.1) is 18.9 Å². The molecule has 0 atom stereocenters. The number of anilines is 1. The lowest BCUT2D eigenvalue weighted by molar-refractivity contribution is -0.164. The predicted octanol–water partition coefficient (Wildman–Crippen LogP) is 3.92. The quantitative estimate of drug-likeness (QED) is 0.836. The number of hydrogen-bond acceptors (Lipinski definition) is 5. The van der Waals surface area contributed by atoms with Gasteiger partial charge in [-0.05, 0) is 51.2 Å². The molecule has 3 rings (SSSR count). The minimum absolute atomic E-state index is 0.102. The number of ether oxygens (including phenoxy) is 2. The fourth-order valence-corrected chi connectivity index (χ4v) is 3.45. The number of carbonyl (C=O) groups is 2. The lowest BCUT2D eigenvalue weighted by Gasteiger charge is -2.53. The van der Waals surface area contributed by atoms with E-state index in [9.17, 15) is 9.59 Å². The van der Waals surface area contributed by atoms with E-state index in [0.29, 0.717) is 23.4 Å². The molecule has 0 aromatic carbocycles. The maximum Gasteiger partial charge on any atom is 0.412 e. The predicted molar refractivity (Wildman–Crippen MR) is 93.9 cm³/mol. The van der Waals surface area contributed by atoms with Gasteiger partial charge >= 0.3 is 6.09 Å². The van der Waals surface area contributed by atoms with Gasteiger partial charge < -0.3 is 9.47 Å². The van der Waals surface area contributed by atoms with Gasteiger partial charge in [0.25, 0.3) is 0 Å². The summed E-state index contributed by atoms with van der Waals surface area (Å²) in [5.74, 6) is 0.302. The Labute approximate surface area is 148 Å². The van der Waals surface area contributed by atoms with Crippen LogP contribution in [0.25, 0.3) is 0 Å². The van der Waals surface area contributed by atoms with Gasteiger partial charge in [0, 0.05) is 18.0 Å². The van der Waals surface area contributed by atoms with Gasteiger partial charge in [-0.15, -0.1) is 0 Å². The number of rotatable bonds is 4. The molecule has 1 saturated heterocycles. The molecule has 1 aromatic heterocycles. The highest BCUT2D eigenvalue weighted by Crippen LogP contribution is 2.55. The van der Waals surface area contributed by atoms with E-state index >= 15 is 0 Å². The first-order valence-electron chi connectivity index (χ1n) is 8.82. The second-order valence-electron chi connectivity index (χ2n) is 8.17. The standard InChI is InChI=1S/C19H26N2O4/c1-5-15(22)16-14(21-17(23)25-18(2,3)4)6-12(9-20-16)13-7-19(8-13)10-24-11-19/h6,9,13H,5,7-8,10-11H2,1-4H3,(H,21,23). The van der Waals surface area contributed by atoms with E-state index in [1.54, 1.807) is 33.9 Å². The van der Waals surface area contributed by atoms with Crippen molar-refractivity contribution < 1.29 is 19.1 Å². The molecule has 2 heterocycles. The Hall–Kier alpha value is -1.95. The molecule has 2 fully saturated rings. The largest absolute Gasteiger partial charge is 0.444 e. The smallest absolute Gasteiger partial charge is 0.412 e. The average Bonchev–Trinajstić information content (AvgIpc) is 2.41. The van der Waals surface area contributed by atoms with Crippen molar-refractivity contribution >= 4 is 17.6 Å². The Morgan fingerprint density at radius 3 is 2.56 bits per heavy atom. The van der Waals surface area contributed by atoms with Crippen LogP contribution in [-0.2, 0) is 9.47 Å². The minimum Gasteiger partial charge on any atom is -0.444 e. The molecule has 1 N–H and O–H groups in total. The van der Waals surface area contributed by atoms with E-state index < -0.39 is 11.7 Å². The summed E-state index contributed by atoms with van der Waals surface area (Å²) in [5.41, 5.74) is 1.52. The van der Waals surface area contributed by atoms with Crippen molar-refractivity contribution in [3.8, 4) is 0 Å². The van der Waals surface area contributed by atoms with Crippen LogP contribution in [-0.4, -0.2) is 35.7 Å². The molecule has 25 heavy (non-hydrogen) atoms. The van der Waals surface area contributed by atoms with Crippen LogP contribution in [0.5, 0.6) is 0 Å². The minimum atomic E-state index is -0.603. The van der Waals surface area contributed by atoms with Gasteiger partial charge in [-0.3, -0.25) is 15.1 Å². The van der Waals surface area contributed by atoms with Crippen LogP contribution >= 0.6 is 0 Å². The van der Waals surface area contributed by atoms with Crippen LogP contribution in [0.3, 0.4) is 0 Å². The monoisotopic (exact) mass is 346 g/mol. The number of hydrogen-bond donors (Lipinski definition) is 1. The molecule has 0 unspecified atom stereocenters. The lowest BCUT2D eigenvalue weighted by atomic mass is 9.59. The zero-order valence-corrected chi connectivity index (χ0v) is 15.3. The molecule has 1 aliphatic carbocycles. The molecular formula is C19H26N2O4. The molecule has 6 heteroatoms. The van der Waals surface area contributed by atoms with Gasteiger partial charge in [0.1, 0.15) is 11.3 Å². The van der Waals surface area contributed by atoms with Crippen LogP contribution in [0.15, 0.2) is 12.3 Å². The number of pyridine rings is 1. The maximum atomic E-state index is 12.2. The summed E-state index contributed by atoms with van der Waals surface area (Å²) in [6.45, 7) is 8.86. The fraction of sp³-hybridized carbons (Fsp3) is 0.632. The van der Waals surface area contributed by atoms with Crippen molar-refractivity contribution in [2.75, 3.05) is 18.5 Å². The van der Waals surface area contributed by atoms with Crippen LogP contribution in [0.1, 0.15) is 68.9 Å². The first-order valence-corrected chi connectivity index (χ1v) is 8.82. The Balaban J connectivity index is 1.78. The van der Waals surface area contributed by atoms with E-state index in [0.717, 1.165) is 31.6 Å². The van der Waals surface area contributed by atoms with Crippen LogP contribution in [0, 0.1) is 5.41 Å². The highest BCUT2D eigenvalue weighted by atomic mass is 16.6. The van der Waals surface area contributed by atoms with Gasteiger partial charge in [-0.25, -0.2) is 4.79 Å². The van der Waals surface area contributed by atoms with Gasteiger partial charge in [0.2, 0.25) is 0 Å². The van der Waals surface area contributed by atoms with Crippen molar-refractivity contribution in [3.05, 3.63) is 23.5 Å². The lowest BCUT2D eigenvalue weighted by Crippen LogP contribution is -2.51. The number of aromatic nitrogens is 1. The Morgan fingerprint density at radius 1 is 1.36 bits per heavy atom. The molecule has 6 nitrogen and oxygen atoms in total. The normalized spacial score (nSPS) is 19.0. The molecule has 1 aromatic rings. The van der Waals surface area contributed by atoms with Crippen molar-refractivity contribution in [2.45, 2.75) is 58.5 Å². The second kappa shape index (κ2) is 6.41. The van der Waals surface area contributed by atoms with E-state index in [4.69, 9.17) is 9.47 Å². The van der Waals surface area contributed by atoms with Crippen LogP contribution < -0.4 is 5.32 Å². The third-order valence-corrected chi connectivity index (χ3v) is 4.78. The average molecular weight is 346 g/mol. The second-order valence-corrected chi connectivity index (χ2v) is 8.17. The Bertz CT molecular complexity index is 681. The topological polar surface area (TPSA) is 77.5 Å². The number of carbonyl (C=O) groups excluding carboxylic acids is 2. The third-order valence-electron chi connectivity index (χ3n) is 4.78. The van der Waals surface area contributed by atoms with Gasteiger partial charge in [-0.1, -0.05) is 6.92 Å². The number of amides is 1. The van der Waals surface area contributed by atoms with Crippen LogP contribution in [0.2, 0.25) is 0 Å². The molecule has 136 valence electrons. The number of nitrogens with one attached hydrogen (secondary N) is 1. The Morgan fingerprint density at radius 2 is 2.04 bits per heavy atom. The first-order chi connectivity index (χ1) is 11.7. The molecule has 1 saturated carbocycles. The Kier molecular flexibility index (Phi) is 4.58. The third kappa shape index (κ3) is 3.84. The summed E-state index contributed by atoms with van der Waals surface area (Å²) in [7, 11) is 0. The molecule has 2 aliphatic rings. The summed E-state index contributed by atoms with van der Waals surface area (Å²) in [6.07, 6.45) is 3.66. The summed E-state index contributed by atoms with van der Waals surface area (Å²) in [5, 5.41) is 2.71. The number of nitrogens with zero attached hydrogens (tertiary/aromatic N) is 1. The highest BCUT2D eigenvalue weighted by Gasteiger charge is 2.50. The maximum absolute atomic E-state index is 12.2. The molecular weight excluding hydrogens is 320 g/mol. The van der Waals surface area contributed by atoms with Crippen molar-refractivity contribution in [1.82, 2.24) is 4.98 Å². The molecule has 1 amide bonds. The summed E-state index contributed by atoms with van der Waals surface area (Å²) in [6, 6.07) is 1.87. The van der Waals surface area contributed by atoms with E-state index in [-0.39, 0.29) is 11.5 Å². The molecule has 0 bridgehead atoms. The zero-order valence-electron chi connectivity index (χ0n) is 15.3. The number of ketones is 1. The van der Waals surface area contributed by atoms with E-state index in [2.05, 4.69) is 10.3 Å². The summed E-state index contributed by atoms with van der Waals surface area (Å²) in [4.78, 5) is 28.6. The van der Waals surface area contributed by atoms with Gasteiger partial charge in [0.15, 0.2) is 5.78 Å². The molecule has 1 spiro atoms. The SMILES string of the molecule is CCC(=O)c1ncc(C2CC3(COC3)C2)cc1NC(=O)OC(C)(C)C. The van der Waals surface area contributed by atoms with Crippen molar-refractivity contribution in [1.29, 1.82) is 0 Å². The van der Waals surface area contributed by atoms with Gasteiger partial charge in [-0.2, -0.15) is 0 Å². The van der Waals surface area contributed by atoms with Crippen LogP contribution in [0.4, 0.5) is 10.5 Å². The molecule has 1 aliphatic heterocycles. The highest BCUT2D eigenvalue weighted by molar-refractivity contribution is 6.02.